The van der Waals surface area contributed by atoms with Crippen LogP contribution in [-0.4, -0.2) is 31.9 Å². The van der Waals surface area contributed by atoms with E-state index < -0.39 is 22.1 Å². The third-order valence-electron chi connectivity index (χ3n) is 2.61. The van der Waals surface area contributed by atoms with Gasteiger partial charge in [0, 0.05) is 13.0 Å². The third kappa shape index (κ3) is 2.99. The predicted octanol–water partition coefficient (Wildman–Crippen LogP) is 0.124. The van der Waals surface area contributed by atoms with Crippen LogP contribution in [0.15, 0.2) is 18.2 Å². The van der Waals surface area contributed by atoms with Crippen LogP contribution in [0, 0.1) is 0 Å². The lowest BCUT2D eigenvalue weighted by atomic mass is 10.1. The van der Waals surface area contributed by atoms with Crippen molar-refractivity contribution in [3.8, 4) is 5.75 Å². The molecule has 0 aliphatic carbocycles. The number of hydrogen-bond acceptors (Lipinski definition) is 4. The molecule has 0 spiro atoms. The van der Waals surface area contributed by atoms with Crippen molar-refractivity contribution in [2.24, 2.45) is 0 Å². The fourth-order valence-corrected chi connectivity index (χ4v) is 2.19. The summed E-state index contributed by atoms with van der Waals surface area (Å²) in [6.45, 7) is 0.184. The van der Waals surface area contributed by atoms with E-state index in [-0.39, 0.29) is 6.54 Å². The molecular formula is C11H13NO5S. The number of ether oxygens (including phenoxy) is 1. The molecule has 0 saturated carbocycles. The molecule has 0 unspecified atom stereocenters. The van der Waals surface area contributed by atoms with Crippen LogP contribution < -0.4 is 9.46 Å². The van der Waals surface area contributed by atoms with Crippen molar-refractivity contribution >= 4 is 16.0 Å². The number of nitrogens with one attached hydrogen (secondary N) is 1. The van der Waals surface area contributed by atoms with Gasteiger partial charge in [-0.3, -0.25) is 0 Å². The smallest absolute Gasteiger partial charge is 0.345 e. The number of carboxylic acids is 1. The van der Waals surface area contributed by atoms with Gasteiger partial charge in [0.25, 0.3) is 0 Å². The van der Waals surface area contributed by atoms with Gasteiger partial charge in [-0.2, -0.15) is 0 Å². The molecule has 0 radical (unpaired) electrons. The van der Waals surface area contributed by atoms with Gasteiger partial charge < -0.3 is 9.84 Å². The molecule has 0 bridgehead atoms. The molecule has 1 aliphatic rings. The Balaban J connectivity index is 2.11. The van der Waals surface area contributed by atoms with E-state index in [1.165, 1.54) is 0 Å². The summed E-state index contributed by atoms with van der Waals surface area (Å²) in [7, 11) is -3.24. The second kappa shape index (κ2) is 4.58. The van der Waals surface area contributed by atoms with E-state index in [2.05, 4.69) is 4.72 Å². The Morgan fingerprint density at radius 1 is 1.56 bits per heavy atom. The Kier molecular flexibility index (Phi) is 3.27. The lowest BCUT2D eigenvalue weighted by Gasteiger charge is -2.05. The summed E-state index contributed by atoms with van der Waals surface area (Å²) in [6, 6.07) is 5.13. The van der Waals surface area contributed by atoms with Crippen LogP contribution >= 0.6 is 0 Å². The lowest BCUT2D eigenvalue weighted by molar-refractivity contribution is -0.144. The molecule has 0 aromatic heterocycles. The second-order valence-electron chi connectivity index (χ2n) is 4.18. The van der Waals surface area contributed by atoms with E-state index in [1.54, 1.807) is 18.2 Å². The van der Waals surface area contributed by atoms with Gasteiger partial charge in [-0.1, -0.05) is 12.1 Å². The number of sulfonamides is 1. The van der Waals surface area contributed by atoms with E-state index in [0.717, 1.165) is 17.4 Å². The Morgan fingerprint density at radius 3 is 2.89 bits per heavy atom. The van der Waals surface area contributed by atoms with Crippen molar-refractivity contribution in [2.75, 3.05) is 6.26 Å². The summed E-state index contributed by atoms with van der Waals surface area (Å²) in [5.74, 6) is -0.451. The maximum Gasteiger partial charge on any atom is 0.345 e. The van der Waals surface area contributed by atoms with Crippen LogP contribution in [-0.2, 0) is 27.8 Å². The Morgan fingerprint density at radius 2 is 2.28 bits per heavy atom. The largest absolute Gasteiger partial charge is 0.478 e. The molecule has 1 atom stereocenters. The zero-order valence-electron chi connectivity index (χ0n) is 9.71. The molecular weight excluding hydrogens is 258 g/mol. The summed E-state index contributed by atoms with van der Waals surface area (Å²) >= 11 is 0. The molecule has 7 heteroatoms. The highest BCUT2D eigenvalue weighted by molar-refractivity contribution is 7.88. The average Bonchev–Trinajstić information content (AvgIpc) is 2.68. The van der Waals surface area contributed by atoms with Gasteiger partial charge in [-0.25, -0.2) is 17.9 Å². The number of hydrogen-bond donors (Lipinski definition) is 2. The molecule has 6 nitrogen and oxygen atoms in total. The van der Waals surface area contributed by atoms with Crippen LogP contribution in [0.4, 0.5) is 0 Å². The molecule has 98 valence electrons. The molecule has 1 aromatic carbocycles. The monoisotopic (exact) mass is 271 g/mol. The first-order valence-electron chi connectivity index (χ1n) is 5.31. The molecule has 1 aliphatic heterocycles. The first-order valence-corrected chi connectivity index (χ1v) is 7.20. The number of benzene rings is 1. The van der Waals surface area contributed by atoms with E-state index >= 15 is 0 Å². The second-order valence-corrected chi connectivity index (χ2v) is 6.02. The number of carboxylic acid groups (broad SMARTS) is 1. The SMILES string of the molecule is CS(=O)(=O)NCc1ccc2c(c1)C[C@@H](C(=O)O)O2. The number of carbonyl (C=O) groups is 1. The first kappa shape index (κ1) is 12.8. The minimum atomic E-state index is -3.24. The van der Waals surface area contributed by atoms with Crippen molar-refractivity contribution in [3.05, 3.63) is 29.3 Å². The van der Waals surface area contributed by atoms with E-state index in [0.29, 0.717) is 12.2 Å². The number of fused-ring (bicyclic) bond motifs is 1. The molecule has 0 amide bonds. The van der Waals surface area contributed by atoms with E-state index in [9.17, 15) is 13.2 Å². The van der Waals surface area contributed by atoms with Gasteiger partial charge in [0.05, 0.1) is 6.26 Å². The predicted molar refractivity (Wildman–Crippen MR) is 63.9 cm³/mol. The summed E-state index contributed by atoms with van der Waals surface area (Å²) in [6.07, 6.45) is 0.541. The van der Waals surface area contributed by atoms with Crippen LogP contribution in [0.1, 0.15) is 11.1 Å². The molecule has 18 heavy (non-hydrogen) atoms. The third-order valence-corrected chi connectivity index (χ3v) is 3.28. The quantitative estimate of drug-likeness (QED) is 0.811. The zero-order valence-corrected chi connectivity index (χ0v) is 10.5. The summed E-state index contributed by atoms with van der Waals surface area (Å²) in [5.41, 5.74) is 1.56. The minimum absolute atomic E-state index is 0.184. The van der Waals surface area contributed by atoms with Crippen LogP contribution in [0.3, 0.4) is 0 Å². The maximum absolute atomic E-state index is 11.0. The van der Waals surface area contributed by atoms with Crippen LogP contribution in [0.25, 0.3) is 0 Å². The van der Waals surface area contributed by atoms with Crippen molar-refractivity contribution in [3.63, 3.8) is 0 Å². The normalized spacial score (nSPS) is 18.2. The zero-order chi connectivity index (χ0) is 13.3. The summed E-state index contributed by atoms with van der Waals surface area (Å²) in [5, 5.41) is 8.85. The fourth-order valence-electron chi connectivity index (χ4n) is 1.76. The van der Waals surface area contributed by atoms with Gasteiger partial charge in [-0.15, -0.1) is 0 Å². The van der Waals surface area contributed by atoms with Crippen LogP contribution in [0.2, 0.25) is 0 Å². The highest BCUT2D eigenvalue weighted by Gasteiger charge is 2.28. The molecule has 1 aromatic rings. The van der Waals surface area contributed by atoms with Crippen molar-refractivity contribution in [1.29, 1.82) is 0 Å². The lowest BCUT2D eigenvalue weighted by Crippen LogP contribution is -2.24. The highest BCUT2D eigenvalue weighted by atomic mass is 32.2. The molecule has 2 N–H and O–H groups in total. The van der Waals surface area contributed by atoms with Gasteiger partial charge in [0.1, 0.15) is 5.75 Å². The Hall–Kier alpha value is -1.60. The van der Waals surface area contributed by atoms with E-state index in [4.69, 9.17) is 9.84 Å². The van der Waals surface area contributed by atoms with Gasteiger partial charge in [0.2, 0.25) is 10.0 Å². The number of aliphatic carboxylic acids is 1. The first-order chi connectivity index (χ1) is 8.35. The van der Waals surface area contributed by atoms with E-state index in [1.807, 2.05) is 0 Å². The van der Waals surface area contributed by atoms with Crippen molar-refractivity contribution in [2.45, 2.75) is 19.1 Å². The molecule has 1 heterocycles. The Labute approximate surface area is 105 Å². The number of rotatable bonds is 4. The van der Waals surface area contributed by atoms with Gasteiger partial charge in [0.15, 0.2) is 6.10 Å². The highest BCUT2D eigenvalue weighted by Crippen LogP contribution is 2.29. The molecule has 0 fully saturated rings. The minimum Gasteiger partial charge on any atom is -0.478 e. The summed E-state index contributed by atoms with van der Waals surface area (Å²) in [4.78, 5) is 10.8. The van der Waals surface area contributed by atoms with Crippen molar-refractivity contribution in [1.82, 2.24) is 4.72 Å². The molecule has 0 saturated heterocycles. The van der Waals surface area contributed by atoms with Gasteiger partial charge >= 0.3 is 5.97 Å². The summed E-state index contributed by atoms with van der Waals surface area (Å²) < 4.78 is 29.5. The molecule has 2 rings (SSSR count). The van der Waals surface area contributed by atoms with Crippen molar-refractivity contribution < 1.29 is 23.1 Å². The van der Waals surface area contributed by atoms with Crippen LogP contribution in [0.5, 0.6) is 5.75 Å². The standard InChI is InChI=1S/C11H13NO5S/c1-18(15,16)12-6-7-2-3-9-8(4-7)5-10(17-9)11(13)14/h2-4,10,12H,5-6H2,1H3,(H,13,14)/t10-/m0/s1. The maximum atomic E-state index is 11.0. The Bertz CT molecular complexity index is 581. The topological polar surface area (TPSA) is 92.7 Å². The fraction of sp³-hybridized carbons (Fsp3) is 0.364. The average molecular weight is 271 g/mol. The van der Waals surface area contributed by atoms with Gasteiger partial charge in [-0.05, 0) is 17.2 Å².